The number of fused-ring (bicyclic) bond motifs is 1. The number of hydrogen-bond acceptors (Lipinski definition) is 7. The van der Waals surface area contributed by atoms with E-state index in [9.17, 15) is 19.6 Å². The highest BCUT2D eigenvalue weighted by Crippen LogP contribution is 2.34. The molecule has 3 aromatic rings. The summed E-state index contributed by atoms with van der Waals surface area (Å²) >= 11 is 0. The smallest absolute Gasteiger partial charge is 0.331 e. The molecule has 2 aromatic heterocycles. The van der Waals surface area contributed by atoms with Gasteiger partial charge in [0.15, 0.2) is 0 Å². The molecule has 1 aromatic carbocycles. The first-order chi connectivity index (χ1) is 18.4. The van der Waals surface area contributed by atoms with Gasteiger partial charge in [-0.25, -0.2) is 4.79 Å². The third kappa shape index (κ3) is 4.29. The minimum atomic E-state index is -0.540. The second-order valence-corrected chi connectivity index (χ2v) is 9.89. The Bertz CT molecular complexity index is 1540. The van der Waals surface area contributed by atoms with Gasteiger partial charge in [0, 0.05) is 45.8 Å². The fourth-order valence-corrected chi connectivity index (χ4v) is 5.67. The van der Waals surface area contributed by atoms with E-state index >= 15 is 0 Å². The van der Waals surface area contributed by atoms with Crippen LogP contribution >= 0.6 is 0 Å². The molecule has 0 spiro atoms. The van der Waals surface area contributed by atoms with E-state index in [-0.39, 0.29) is 18.5 Å². The Morgan fingerprint density at radius 1 is 1.13 bits per heavy atom. The number of anilines is 1. The minimum Gasteiger partial charge on any atom is -0.378 e. The average molecular weight is 520 g/mol. The second kappa shape index (κ2) is 10.5. The topological polar surface area (TPSA) is 132 Å². The predicted molar refractivity (Wildman–Crippen MR) is 144 cm³/mol. The van der Waals surface area contributed by atoms with Crippen LogP contribution in [0.15, 0.2) is 33.9 Å². The Kier molecular flexibility index (Phi) is 7.10. The number of nitrogens with zero attached hydrogens (tertiary/aromatic N) is 6. The van der Waals surface area contributed by atoms with Crippen LogP contribution in [0.1, 0.15) is 41.3 Å². The number of carbonyl (C=O) groups is 1. The van der Waals surface area contributed by atoms with Crippen LogP contribution in [-0.4, -0.2) is 69.9 Å². The summed E-state index contributed by atoms with van der Waals surface area (Å²) in [6.45, 7) is 5.31. The molecular formula is C27H33N7O4. The molecule has 38 heavy (non-hydrogen) atoms. The van der Waals surface area contributed by atoms with Crippen LogP contribution in [0.5, 0.6) is 0 Å². The van der Waals surface area contributed by atoms with Crippen molar-refractivity contribution in [2.24, 2.45) is 12.8 Å². The van der Waals surface area contributed by atoms with Gasteiger partial charge in [-0.3, -0.25) is 18.7 Å². The second-order valence-electron chi connectivity index (χ2n) is 9.89. The van der Waals surface area contributed by atoms with Crippen LogP contribution in [0.4, 0.5) is 5.82 Å². The average Bonchev–Trinajstić information content (AvgIpc) is 3.30. The van der Waals surface area contributed by atoms with Gasteiger partial charge in [-0.15, -0.1) is 0 Å². The number of aryl methyl sites for hydroxylation is 2. The van der Waals surface area contributed by atoms with Gasteiger partial charge in [0.2, 0.25) is 0 Å². The molecular weight excluding hydrogens is 486 g/mol. The van der Waals surface area contributed by atoms with Gasteiger partial charge < -0.3 is 24.8 Å². The summed E-state index contributed by atoms with van der Waals surface area (Å²) < 4.78 is 9.87. The van der Waals surface area contributed by atoms with Crippen molar-refractivity contribution in [3.05, 3.63) is 61.8 Å². The van der Waals surface area contributed by atoms with Gasteiger partial charge in [-0.1, -0.05) is 18.2 Å². The van der Waals surface area contributed by atoms with Crippen LogP contribution in [0.3, 0.4) is 0 Å². The number of aromatic nitrogens is 3. The van der Waals surface area contributed by atoms with Gasteiger partial charge >= 0.3 is 5.69 Å². The van der Waals surface area contributed by atoms with Gasteiger partial charge in [0.1, 0.15) is 16.9 Å². The number of nitriles is 1. The van der Waals surface area contributed by atoms with Crippen molar-refractivity contribution in [3.8, 4) is 6.07 Å². The molecule has 11 heteroatoms. The van der Waals surface area contributed by atoms with Crippen molar-refractivity contribution in [3.63, 3.8) is 0 Å². The molecule has 2 N–H and O–H groups in total. The first kappa shape index (κ1) is 25.8. The number of piperidine rings is 1. The molecule has 1 amide bonds. The quantitative estimate of drug-likeness (QED) is 0.528. The van der Waals surface area contributed by atoms with Crippen LogP contribution in [0, 0.1) is 11.3 Å². The van der Waals surface area contributed by atoms with E-state index in [0.717, 1.165) is 17.4 Å². The highest BCUT2D eigenvalue weighted by atomic mass is 16.5. The predicted octanol–water partition coefficient (Wildman–Crippen LogP) is 0.841. The highest BCUT2D eigenvalue weighted by molar-refractivity contribution is 6.11. The lowest BCUT2D eigenvalue weighted by Gasteiger charge is -2.34. The van der Waals surface area contributed by atoms with Gasteiger partial charge in [-0.2, -0.15) is 5.26 Å². The molecule has 2 aliphatic heterocycles. The van der Waals surface area contributed by atoms with E-state index < -0.39 is 11.2 Å². The van der Waals surface area contributed by atoms with E-state index in [0.29, 0.717) is 79.5 Å². The first-order valence-electron chi connectivity index (χ1n) is 13.1. The highest BCUT2D eigenvalue weighted by Gasteiger charge is 2.34. The SMILES string of the molecule is CCn1c(N2CCC[C@@H](N)C2)c(C(=O)N2CCOCC2)c2c1c(=O)n(Cc1ccccc1C#N)c(=O)n2C. The molecule has 0 bridgehead atoms. The fourth-order valence-electron chi connectivity index (χ4n) is 5.67. The lowest BCUT2D eigenvalue weighted by atomic mass is 10.1. The molecule has 1 atom stereocenters. The monoisotopic (exact) mass is 519 g/mol. The number of benzene rings is 1. The summed E-state index contributed by atoms with van der Waals surface area (Å²) in [5.41, 5.74) is 7.28. The van der Waals surface area contributed by atoms with Crippen LogP contribution in [0.2, 0.25) is 0 Å². The van der Waals surface area contributed by atoms with E-state index in [1.807, 2.05) is 11.5 Å². The summed E-state index contributed by atoms with van der Waals surface area (Å²) in [6, 6.07) is 8.99. The van der Waals surface area contributed by atoms with Gasteiger partial charge in [-0.05, 0) is 31.4 Å². The summed E-state index contributed by atoms with van der Waals surface area (Å²) in [6.07, 6.45) is 1.75. The molecule has 2 aliphatic rings. The standard InChI is InChI=1S/C27H33N7O4/c1-3-33-23-22(30(2)27(37)34(26(23)36)16-19-8-5-4-7-18(19)15-28)21(25(35)31-11-13-38-14-12-31)24(33)32-10-6-9-20(29)17-32/h4-5,7-8,20H,3,6,9-14,16-17,29H2,1-2H3/t20-/m1/s1. The van der Waals surface area contributed by atoms with Crippen LogP contribution < -0.4 is 21.9 Å². The number of nitrogens with two attached hydrogens (primary N) is 1. The van der Waals surface area contributed by atoms with E-state index in [1.165, 1.54) is 4.57 Å². The first-order valence-corrected chi connectivity index (χ1v) is 13.1. The summed E-state index contributed by atoms with van der Waals surface area (Å²) in [5, 5.41) is 9.54. The molecule has 2 fully saturated rings. The zero-order chi connectivity index (χ0) is 27.0. The fraction of sp³-hybridized carbons (Fsp3) is 0.481. The Morgan fingerprint density at radius 2 is 1.87 bits per heavy atom. The summed E-state index contributed by atoms with van der Waals surface area (Å²) in [7, 11) is 1.60. The largest absolute Gasteiger partial charge is 0.378 e. The molecule has 0 radical (unpaired) electrons. The molecule has 0 unspecified atom stereocenters. The number of carbonyl (C=O) groups excluding carboxylic acids is 1. The van der Waals surface area contributed by atoms with E-state index in [4.69, 9.17) is 10.5 Å². The minimum absolute atomic E-state index is 0.0449. The lowest BCUT2D eigenvalue weighted by Crippen LogP contribution is -2.45. The van der Waals surface area contributed by atoms with Gasteiger partial charge in [0.05, 0.1) is 36.9 Å². The maximum absolute atomic E-state index is 14.1. The van der Waals surface area contributed by atoms with Crippen molar-refractivity contribution in [2.75, 3.05) is 44.3 Å². The van der Waals surface area contributed by atoms with Crippen molar-refractivity contribution < 1.29 is 9.53 Å². The number of rotatable bonds is 5. The number of morpholine rings is 1. The molecule has 0 aliphatic carbocycles. The van der Waals surface area contributed by atoms with Crippen molar-refractivity contribution >= 4 is 22.8 Å². The Morgan fingerprint density at radius 3 is 2.55 bits per heavy atom. The number of hydrogen-bond donors (Lipinski definition) is 1. The van der Waals surface area contributed by atoms with E-state index in [1.54, 1.807) is 36.2 Å². The molecule has 2 saturated heterocycles. The van der Waals surface area contributed by atoms with Crippen molar-refractivity contribution in [1.82, 2.24) is 18.6 Å². The Balaban J connectivity index is 1.79. The molecule has 11 nitrogen and oxygen atoms in total. The maximum atomic E-state index is 14.1. The molecule has 0 saturated carbocycles. The zero-order valence-electron chi connectivity index (χ0n) is 21.9. The zero-order valence-corrected chi connectivity index (χ0v) is 21.9. The number of amides is 1. The maximum Gasteiger partial charge on any atom is 0.331 e. The van der Waals surface area contributed by atoms with Crippen LogP contribution in [0.25, 0.3) is 11.0 Å². The lowest BCUT2D eigenvalue weighted by molar-refractivity contribution is 0.0304. The summed E-state index contributed by atoms with van der Waals surface area (Å²) in [5.74, 6) is 0.415. The third-order valence-electron chi connectivity index (χ3n) is 7.56. The molecule has 5 rings (SSSR count). The van der Waals surface area contributed by atoms with Crippen molar-refractivity contribution in [1.29, 1.82) is 5.26 Å². The normalized spacial score (nSPS) is 18.1. The molecule has 4 heterocycles. The third-order valence-corrected chi connectivity index (χ3v) is 7.56. The van der Waals surface area contributed by atoms with Crippen LogP contribution in [-0.2, 0) is 24.9 Å². The Labute approximate surface area is 220 Å². The van der Waals surface area contributed by atoms with Gasteiger partial charge in [0.25, 0.3) is 11.5 Å². The number of ether oxygens (including phenoxy) is 1. The Hall–Kier alpha value is -3.88. The van der Waals surface area contributed by atoms with E-state index in [2.05, 4.69) is 11.0 Å². The van der Waals surface area contributed by atoms with Crippen molar-refractivity contribution in [2.45, 2.75) is 38.9 Å². The molecule has 200 valence electrons. The summed E-state index contributed by atoms with van der Waals surface area (Å²) in [4.78, 5) is 45.6.